The minimum Gasteiger partial charge on any atom is -0.316 e. The maximum absolute atomic E-state index is 7.00. The maximum Gasteiger partial charge on any atom is 0.298 e. The van der Waals surface area contributed by atoms with Crippen LogP contribution in [0.3, 0.4) is 0 Å². The van der Waals surface area contributed by atoms with Crippen molar-refractivity contribution >= 4 is 92.8 Å². The molecule has 0 aromatic carbocycles. The van der Waals surface area contributed by atoms with Gasteiger partial charge >= 0.3 is 0 Å². The molecule has 28 heavy (non-hydrogen) atoms. The molecular weight excluding hydrogens is 555 g/mol. The second-order valence-corrected chi connectivity index (χ2v) is 28.6. The molecule has 1 heterocycles. The monoisotopic (exact) mass is 584 g/mol. The summed E-state index contributed by atoms with van der Waals surface area (Å²) in [6.07, 6.45) is 0. The van der Waals surface area contributed by atoms with Gasteiger partial charge < -0.3 is 9.05 Å². The van der Waals surface area contributed by atoms with Crippen LogP contribution in [-0.4, -0.2) is 36.2 Å². The van der Waals surface area contributed by atoms with Gasteiger partial charge in [-0.1, -0.05) is 73.2 Å². The summed E-state index contributed by atoms with van der Waals surface area (Å²) < 4.78 is 32.2. The molecule has 0 N–H and O–H groups in total. The Morgan fingerprint density at radius 3 is 1.07 bits per heavy atom. The Morgan fingerprint density at radius 1 is 0.571 bits per heavy atom. The molecule has 168 valence electrons. The zero-order chi connectivity index (χ0) is 21.3. The van der Waals surface area contributed by atoms with E-state index in [1.807, 2.05) is 13.8 Å². The fourth-order valence-corrected chi connectivity index (χ4v) is 40.4. The van der Waals surface area contributed by atoms with E-state index in [9.17, 15) is 0 Å². The van der Waals surface area contributed by atoms with Crippen molar-refractivity contribution in [2.24, 2.45) is 18.1 Å². The highest BCUT2D eigenvalue weighted by atomic mass is 35.7. The third kappa shape index (κ3) is 8.64. The van der Waals surface area contributed by atoms with E-state index in [0.717, 1.165) is 23.0 Å². The molecule has 0 amide bonds. The molecule has 0 saturated heterocycles. The first kappa shape index (κ1) is 28.9. The van der Waals surface area contributed by atoms with Crippen molar-refractivity contribution in [3.63, 3.8) is 0 Å². The zero-order valence-electron chi connectivity index (χ0n) is 17.0. The van der Waals surface area contributed by atoms with E-state index < -0.39 is 24.8 Å². The van der Waals surface area contributed by atoms with Crippen LogP contribution in [0.15, 0.2) is 18.1 Å². The molecule has 0 radical (unpaired) electrons. The molecule has 16 heteroatoms. The van der Waals surface area contributed by atoms with Gasteiger partial charge in [-0.3, -0.25) is 0 Å². The molecule has 0 unspecified atom stereocenters. The van der Waals surface area contributed by atoms with E-state index in [1.54, 1.807) is 45.5 Å². The van der Waals surface area contributed by atoms with Crippen molar-refractivity contribution in [2.45, 2.75) is 41.5 Å². The largest absolute Gasteiger partial charge is 0.316 e. The fraction of sp³-hybridized carbons (Fsp3) is 1.00. The van der Waals surface area contributed by atoms with Crippen LogP contribution in [0.1, 0.15) is 41.5 Å². The van der Waals surface area contributed by atoms with Gasteiger partial charge in [0.15, 0.2) is 11.2 Å². The van der Waals surface area contributed by atoms with Crippen LogP contribution in [0, 0.1) is 0 Å². The van der Waals surface area contributed by atoms with Crippen molar-refractivity contribution in [1.82, 2.24) is 0 Å². The predicted molar refractivity (Wildman–Crippen MR) is 145 cm³/mol. The van der Waals surface area contributed by atoms with E-state index in [1.165, 1.54) is 0 Å². The van der Waals surface area contributed by atoms with Gasteiger partial charge in [-0.05, 0) is 59.3 Å². The summed E-state index contributed by atoms with van der Waals surface area (Å²) in [5.74, 6) is 3.36. The molecule has 0 spiro atoms. The van der Waals surface area contributed by atoms with Crippen LogP contribution >= 0.6 is 92.8 Å². The zero-order valence-corrected chi connectivity index (χ0v) is 25.4. The van der Waals surface area contributed by atoms with Crippen LogP contribution in [0.5, 0.6) is 0 Å². The van der Waals surface area contributed by atoms with E-state index in [-0.39, 0.29) is 0 Å². The quantitative estimate of drug-likeness (QED) is 0.212. The number of halogens is 2. The van der Waals surface area contributed by atoms with Crippen molar-refractivity contribution < 1.29 is 9.05 Å². The van der Waals surface area contributed by atoms with Gasteiger partial charge in [0.1, 0.15) is 0 Å². The van der Waals surface area contributed by atoms with E-state index >= 15 is 0 Å². The van der Waals surface area contributed by atoms with Crippen LogP contribution < -0.4 is 0 Å². The summed E-state index contributed by atoms with van der Waals surface area (Å²) in [6, 6.07) is 0. The first-order valence-electron chi connectivity index (χ1n) is 9.01. The molecule has 0 aliphatic carbocycles. The fourth-order valence-electron chi connectivity index (χ4n) is 2.01. The number of rotatable bonds is 12. The Kier molecular flexibility index (Phi) is 13.9. The van der Waals surface area contributed by atoms with Crippen molar-refractivity contribution in [3.8, 4) is 0 Å². The molecule has 1 rings (SSSR count). The smallest absolute Gasteiger partial charge is 0.298 e. The van der Waals surface area contributed by atoms with Gasteiger partial charge in [-0.25, -0.2) is 0 Å². The van der Waals surface area contributed by atoms with Crippen LogP contribution in [0.4, 0.5) is 0 Å². The van der Waals surface area contributed by atoms with Crippen LogP contribution in [-0.2, 0) is 9.05 Å². The molecule has 0 bridgehead atoms. The summed E-state index contributed by atoms with van der Waals surface area (Å²) >= 11 is 20.7. The van der Waals surface area contributed by atoms with Gasteiger partial charge in [0.25, 0.3) is 13.6 Å². The highest BCUT2D eigenvalue weighted by molar-refractivity contribution is 8.92. The standard InChI is InChI=1S/C12H30Cl2N4O2P4S4/c1-7-19-21(13)15-23(25-9-3,26-10-4)17-22(14,20-8-2)18-24(16-21,27-11-5)28-12-6/h7-12H2,1-6H3/t21-,22-. The molecular formula is C12H30Cl2N4O2P4S4. The lowest BCUT2D eigenvalue weighted by atomic mass is 10.9. The van der Waals surface area contributed by atoms with Gasteiger partial charge in [-0.15, -0.1) is 0 Å². The molecule has 6 nitrogen and oxygen atoms in total. The van der Waals surface area contributed by atoms with Gasteiger partial charge in [0.2, 0.25) is 0 Å². The van der Waals surface area contributed by atoms with Gasteiger partial charge in [0.05, 0.1) is 13.2 Å². The highest BCUT2D eigenvalue weighted by Gasteiger charge is 2.37. The van der Waals surface area contributed by atoms with Crippen LogP contribution in [0.2, 0.25) is 0 Å². The Labute approximate surface area is 196 Å². The summed E-state index contributed by atoms with van der Waals surface area (Å²) in [4.78, 5) is 0. The van der Waals surface area contributed by atoms with E-state index in [4.69, 9.17) is 49.6 Å². The average Bonchev–Trinajstić information content (AvgIpc) is 2.54. The first-order valence-corrected chi connectivity index (χ1v) is 23.8. The summed E-state index contributed by atoms with van der Waals surface area (Å²) in [5, 5.41) is 0. The average molecular weight is 585 g/mol. The van der Waals surface area contributed by atoms with Gasteiger partial charge in [-0.2, -0.15) is 18.1 Å². The Hall–Kier alpha value is 2.82. The molecule has 1 aliphatic heterocycles. The number of nitrogens with zero attached hydrogens (tertiary/aromatic N) is 4. The molecule has 2 atom stereocenters. The lowest BCUT2D eigenvalue weighted by molar-refractivity contribution is 0.380. The van der Waals surface area contributed by atoms with Crippen molar-refractivity contribution in [3.05, 3.63) is 0 Å². The Bertz CT molecular complexity index is 660. The van der Waals surface area contributed by atoms with Gasteiger partial charge in [0, 0.05) is 0 Å². The molecule has 0 saturated carbocycles. The third-order valence-electron chi connectivity index (χ3n) is 2.67. The summed E-state index contributed by atoms with van der Waals surface area (Å²) in [7, 11) is 0. The normalized spacial score (nSPS) is 28.9. The second-order valence-electron chi connectivity index (χ2n) is 4.79. The minimum atomic E-state index is -2.92. The highest BCUT2D eigenvalue weighted by Crippen LogP contribution is 2.91. The molecule has 0 aromatic rings. The van der Waals surface area contributed by atoms with Crippen molar-refractivity contribution in [2.75, 3.05) is 36.2 Å². The number of hydrogen-bond donors (Lipinski definition) is 0. The molecule has 1 aliphatic rings. The Balaban J connectivity index is 3.98. The maximum atomic E-state index is 7.00. The first-order chi connectivity index (χ1) is 13.2. The lowest BCUT2D eigenvalue weighted by Crippen LogP contribution is -1.87. The Morgan fingerprint density at radius 2 is 0.857 bits per heavy atom. The van der Waals surface area contributed by atoms with E-state index in [0.29, 0.717) is 13.2 Å². The molecule has 0 aromatic heterocycles. The van der Waals surface area contributed by atoms with E-state index in [2.05, 4.69) is 27.7 Å². The number of hydrogen-bond acceptors (Lipinski definition) is 10. The molecule has 0 fully saturated rings. The topological polar surface area (TPSA) is 67.9 Å². The summed E-state index contributed by atoms with van der Waals surface area (Å²) in [6.45, 7) is 7.23. The SMILES string of the molecule is CCO[P@]1(Cl)=NP(SCC)(SCC)=N[P@@](Cl)(OCC)=NP(SCC)(SCC)=N1. The second kappa shape index (κ2) is 13.5. The lowest BCUT2D eigenvalue weighted by Gasteiger charge is -2.30. The third-order valence-corrected chi connectivity index (χ3v) is 32.6. The summed E-state index contributed by atoms with van der Waals surface area (Å²) in [5.41, 5.74) is -4.76. The van der Waals surface area contributed by atoms with Crippen molar-refractivity contribution in [1.29, 1.82) is 0 Å². The minimum absolute atomic E-state index is 0.443. The van der Waals surface area contributed by atoms with Crippen LogP contribution in [0.25, 0.3) is 0 Å². The predicted octanol–water partition coefficient (Wildman–Crippen LogP) is 11.3.